The van der Waals surface area contributed by atoms with Crippen LogP contribution in [-0.2, 0) is 4.74 Å². The van der Waals surface area contributed by atoms with Gasteiger partial charge in [-0.05, 0) is 64.4 Å². The number of aromatic nitrogens is 2. The summed E-state index contributed by atoms with van der Waals surface area (Å²) < 4.78 is 12.0. The maximum atomic E-state index is 13.2. The number of benzene rings is 3. The fourth-order valence-electron chi connectivity index (χ4n) is 4.42. The number of esters is 1. The molecule has 2 N–H and O–H groups in total. The van der Waals surface area contributed by atoms with Gasteiger partial charge in [-0.3, -0.25) is 9.89 Å². The van der Waals surface area contributed by atoms with E-state index in [1.165, 1.54) is 6.07 Å². The minimum absolute atomic E-state index is 0.118. The third-order valence-electron chi connectivity index (χ3n) is 6.11. The van der Waals surface area contributed by atoms with Crippen molar-refractivity contribution in [2.45, 2.75) is 46.3 Å². The number of carbonyl (C=O) groups excluding carboxylic acids is 1. The summed E-state index contributed by atoms with van der Waals surface area (Å²) in [4.78, 5) is 26.0. The number of fused-ring (bicyclic) bond motifs is 2. The van der Waals surface area contributed by atoms with Crippen molar-refractivity contribution in [3.05, 3.63) is 93.8 Å². The minimum atomic E-state index is -0.610. The molecule has 0 spiro atoms. The minimum Gasteiger partial charge on any atom is -0.456 e. The first kappa shape index (κ1) is 24.3. The second-order valence-corrected chi connectivity index (χ2v) is 10.3. The van der Waals surface area contributed by atoms with Gasteiger partial charge in [0.1, 0.15) is 16.9 Å². The number of anilines is 1. The Bertz CT molecular complexity index is 1690. The molecular formula is C30H29N3O4. The highest BCUT2D eigenvalue weighted by Gasteiger charge is 2.22. The number of carbonyl (C=O) groups is 1. The van der Waals surface area contributed by atoms with Gasteiger partial charge in [-0.2, -0.15) is 5.10 Å². The van der Waals surface area contributed by atoms with Crippen LogP contribution in [0.25, 0.3) is 33.2 Å². The summed E-state index contributed by atoms with van der Waals surface area (Å²) in [5.74, 6) is 0.0698. The molecule has 0 amide bonds. The molecular weight excluding hydrogens is 466 g/mol. The Morgan fingerprint density at radius 3 is 2.65 bits per heavy atom. The average Bonchev–Trinajstić information content (AvgIpc) is 3.31. The fourth-order valence-corrected chi connectivity index (χ4v) is 4.42. The first-order chi connectivity index (χ1) is 17.6. The Morgan fingerprint density at radius 1 is 1.08 bits per heavy atom. The van der Waals surface area contributed by atoms with E-state index in [1.807, 2.05) is 77.1 Å². The number of hydrogen-bond acceptors (Lipinski definition) is 6. The summed E-state index contributed by atoms with van der Waals surface area (Å²) >= 11 is 0. The van der Waals surface area contributed by atoms with E-state index in [2.05, 4.69) is 15.5 Å². The standard InChI is InChI=1S/C30H29N3O4/c1-17-12-22(18(2)32-24-9-7-6-8-21(24)29(35)37-30(3,4)5)28-23(13-17)26(34)15-27(36-28)19-10-11-20-16-31-33-25(20)14-19/h6-16,18,32H,1-5H3,(H,31,33). The van der Waals surface area contributed by atoms with E-state index in [9.17, 15) is 9.59 Å². The molecule has 37 heavy (non-hydrogen) atoms. The molecule has 5 rings (SSSR count). The Kier molecular flexibility index (Phi) is 6.07. The van der Waals surface area contributed by atoms with Gasteiger partial charge in [0.25, 0.3) is 0 Å². The number of para-hydroxylation sites is 1. The van der Waals surface area contributed by atoms with Crippen molar-refractivity contribution < 1.29 is 13.9 Å². The molecule has 1 unspecified atom stereocenters. The predicted octanol–water partition coefficient (Wildman–Crippen LogP) is 6.77. The van der Waals surface area contributed by atoms with E-state index in [1.54, 1.807) is 18.3 Å². The summed E-state index contributed by atoms with van der Waals surface area (Å²) in [5.41, 5.74) is 4.25. The summed E-state index contributed by atoms with van der Waals surface area (Å²) in [6.45, 7) is 9.44. The highest BCUT2D eigenvalue weighted by Crippen LogP contribution is 2.32. The van der Waals surface area contributed by atoms with Crippen molar-refractivity contribution in [1.82, 2.24) is 10.2 Å². The molecule has 0 aliphatic carbocycles. The van der Waals surface area contributed by atoms with Gasteiger partial charge >= 0.3 is 5.97 Å². The van der Waals surface area contributed by atoms with Crippen LogP contribution in [0, 0.1) is 6.92 Å². The molecule has 0 saturated carbocycles. The largest absolute Gasteiger partial charge is 0.456 e. The summed E-state index contributed by atoms with van der Waals surface area (Å²) in [6, 6.07) is 18.1. The van der Waals surface area contributed by atoms with Crippen LogP contribution in [0.15, 0.2) is 76.1 Å². The summed E-state index contributed by atoms with van der Waals surface area (Å²) in [6.07, 6.45) is 1.75. The Balaban J connectivity index is 1.57. The lowest BCUT2D eigenvalue weighted by Crippen LogP contribution is -2.24. The van der Waals surface area contributed by atoms with Gasteiger partial charge < -0.3 is 14.5 Å². The number of aromatic amines is 1. The zero-order valence-corrected chi connectivity index (χ0v) is 21.5. The van der Waals surface area contributed by atoms with Crippen LogP contribution in [0.1, 0.15) is 55.2 Å². The van der Waals surface area contributed by atoms with Crippen LogP contribution in [0.4, 0.5) is 5.69 Å². The van der Waals surface area contributed by atoms with Gasteiger partial charge in [0.15, 0.2) is 5.43 Å². The molecule has 2 aromatic heterocycles. The fraction of sp³-hybridized carbons (Fsp3) is 0.233. The molecule has 7 heteroatoms. The Morgan fingerprint density at radius 2 is 1.86 bits per heavy atom. The zero-order valence-electron chi connectivity index (χ0n) is 21.5. The molecule has 0 aliphatic heterocycles. The topological polar surface area (TPSA) is 97.2 Å². The van der Waals surface area contributed by atoms with Gasteiger partial charge in [-0.1, -0.05) is 30.3 Å². The van der Waals surface area contributed by atoms with Gasteiger partial charge in [0, 0.05) is 28.3 Å². The van der Waals surface area contributed by atoms with Crippen molar-refractivity contribution in [2.75, 3.05) is 5.32 Å². The van der Waals surface area contributed by atoms with Crippen LogP contribution in [0.3, 0.4) is 0 Å². The van der Waals surface area contributed by atoms with Crippen molar-refractivity contribution >= 4 is 33.5 Å². The molecule has 5 aromatic rings. The van der Waals surface area contributed by atoms with Crippen LogP contribution >= 0.6 is 0 Å². The second-order valence-electron chi connectivity index (χ2n) is 10.3. The summed E-state index contributed by atoms with van der Waals surface area (Å²) in [7, 11) is 0. The first-order valence-electron chi connectivity index (χ1n) is 12.2. The lowest BCUT2D eigenvalue weighted by Gasteiger charge is -2.22. The lowest BCUT2D eigenvalue weighted by atomic mass is 10.00. The number of nitrogens with zero attached hydrogens (tertiary/aromatic N) is 1. The van der Waals surface area contributed by atoms with Crippen molar-refractivity contribution in [3.8, 4) is 11.3 Å². The average molecular weight is 496 g/mol. The number of rotatable bonds is 5. The molecule has 0 fully saturated rings. The molecule has 7 nitrogen and oxygen atoms in total. The van der Waals surface area contributed by atoms with E-state index < -0.39 is 11.6 Å². The molecule has 0 aliphatic rings. The Hall–Kier alpha value is -4.39. The molecule has 3 aromatic carbocycles. The van der Waals surface area contributed by atoms with Crippen LogP contribution in [0.5, 0.6) is 0 Å². The van der Waals surface area contributed by atoms with Gasteiger partial charge in [0.05, 0.1) is 28.7 Å². The highest BCUT2D eigenvalue weighted by atomic mass is 16.6. The van der Waals surface area contributed by atoms with Crippen LogP contribution in [0.2, 0.25) is 0 Å². The summed E-state index contributed by atoms with van der Waals surface area (Å²) in [5, 5.41) is 11.9. The lowest BCUT2D eigenvalue weighted by molar-refractivity contribution is 0.00706. The van der Waals surface area contributed by atoms with Crippen molar-refractivity contribution in [3.63, 3.8) is 0 Å². The Labute approximate surface area is 214 Å². The van der Waals surface area contributed by atoms with E-state index in [-0.39, 0.29) is 11.5 Å². The monoisotopic (exact) mass is 495 g/mol. The van der Waals surface area contributed by atoms with Crippen LogP contribution < -0.4 is 10.7 Å². The molecule has 0 saturated heterocycles. The number of ether oxygens (including phenoxy) is 1. The molecule has 0 bridgehead atoms. The maximum Gasteiger partial charge on any atom is 0.340 e. The van der Waals surface area contributed by atoms with Crippen LogP contribution in [-0.4, -0.2) is 21.8 Å². The van der Waals surface area contributed by atoms with Crippen molar-refractivity contribution in [1.29, 1.82) is 0 Å². The quantitative estimate of drug-likeness (QED) is 0.261. The third-order valence-corrected chi connectivity index (χ3v) is 6.11. The maximum absolute atomic E-state index is 13.2. The number of hydrogen-bond donors (Lipinski definition) is 2. The number of aryl methyl sites for hydroxylation is 1. The van der Waals surface area contributed by atoms with E-state index in [0.29, 0.717) is 28.0 Å². The van der Waals surface area contributed by atoms with Gasteiger partial charge in [-0.25, -0.2) is 4.79 Å². The van der Waals surface area contributed by atoms with E-state index in [4.69, 9.17) is 9.15 Å². The molecule has 188 valence electrons. The van der Waals surface area contributed by atoms with E-state index in [0.717, 1.165) is 27.6 Å². The zero-order chi connectivity index (χ0) is 26.3. The number of nitrogens with one attached hydrogen (secondary N) is 2. The van der Waals surface area contributed by atoms with Gasteiger partial charge in [-0.15, -0.1) is 0 Å². The van der Waals surface area contributed by atoms with Crippen molar-refractivity contribution in [2.24, 2.45) is 0 Å². The van der Waals surface area contributed by atoms with Gasteiger partial charge in [0.2, 0.25) is 0 Å². The number of H-pyrrole nitrogens is 1. The third kappa shape index (κ3) is 4.98. The normalized spacial score (nSPS) is 12.6. The second kappa shape index (κ2) is 9.24. The highest BCUT2D eigenvalue weighted by molar-refractivity contribution is 5.96. The molecule has 2 heterocycles. The SMILES string of the molecule is Cc1cc(C(C)Nc2ccccc2C(=O)OC(C)(C)C)c2oc(-c3ccc4cn[nH]c4c3)cc(=O)c2c1. The molecule has 1 atom stereocenters. The first-order valence-corrected chi connectivity index (χ1v) is 12.2. The van der Waals surface area contributed by atoms with E-state index >= 15 is 0 Å². The smallest absolute Gasteiger partial charge is 0.340 e. The predicted molar refractivity (Wildman–Crippen MR) is 146 cm³/mol. The molecule has 0 radical (unpaired) electrons.